The van der Waals surface area contributed by atoms with E-state index in [0.717, 1.165) is 30.6 Å². The van der Waals surface area contributed by atoms with E-state index in [0.29, 0.717) is 5.92 Å². The van der Waals surface area contributed by atoms with Gasteiger partial charge >= 0.3 is 0 Å². The summed E-state index contributed by atoms with van der Waals surface area (Å²) in [5.74, 6) is 3.25. The van der Waals surface area contributed by atoms with Crippen LogP contribution < -0.4 is 0 Å². The van der Waals surface area contributed by atoms with Crippen molar-refractivity contribution in [3.63, 3.8) is 0 Å². The Hall–Kier alpha value is -0.590. The third-order valence-electron chi connectivity index (χ3n) is 5.35. The third kappa shape index (κ3) is 3.70. The highest BCUT2D eigenvalue weighted by Crippen LogP contribution is 2.41. The van der Waals surface area contributed by atoms with Gasteiger partial charge in [-0.2, -0.15) is 0 Å². The lowest BCUT2D eigenvalue weighted by molar-refractivity contribution is -0.112. The molecule has 1 nitrogen and oxygen atoms in total. The Kier molecular flexibility index (Phi) is 5.46. The summed E-state index contributed by atoms with van der Waals surface area (Å²) in [5, 5.41) is 0. The number of rotatable bonds is 5. The topological polar surface area (TPSA) is 17.1 Å². The summed E-state index contributed by atoms with van der Waals surface area (Å²) < 4.78 is 0. The molecule has 0 amide bonds. The first-order valence-corrected chi connectivity index (χ1v) is 7.89. The zero-order chi connectivity index (χ0) is 12.8. The van der Waals surface area contributed by atoms with Crippen LogP contribution in [0.4, 0.5) is 0 Å². The second-order valence-electron chi connectivity index (χ2n) is 6.46. The van der Waals surface area contributed by atoms with Crippen molar-refractivity contribution < 1.29 is 4.79 Å². The molecule has 2 aliphatic rings. The van der Waals surface area contributed by atoms with Crippen molar-refractivity contribution in [1.82, 2.24) is 0 Å². The van der Waals surface area contributed by atoms with Crippen LogP contribution in [0.1, 0.15) is 64.2 Å². The molecule has 0 aromatic rings. The molecular formula is C17H28O. The molecule has 0 unspecified atom stereocenters. The molecule has 2 rings (SSSR count). The Morgan fingerprint density at radius 2 is 1.44 bits per heavy atom. The minimum atomic E-state index is 0.380. The van der Waals surface area contributed by atoms with E-state index in [1.807, 2.05) is 0 Å². The first kappa shape index (κ1) is 13.8. The molecule has 2 saturated carbocycles. The van der Waals surface area contributed by atoms with Crippen LogP contribution in [0.5, 0.6) is 0 Å². The van der Waals surface area contributed by atoms with Gasteiger partial charge in [0, 0.05) is 5.92 Å². The molecule has 0 heterocycles. The van der Waals surface area contributed by atoms with Crippen LogP contribution >= 0.6 is 0 Å². The van der Waals surface area contributed by atoms with Gasteiger partial charge in [-0.05, 0) is 69.1 Å². The molecule has 0 atom stereocenters. The van der Waals surface area contributed by atoms with Crippen molar-refractivity contribution >= 4 is 6.29 Å². The van der Waals surface area contributed by atoms with Crippen LogP contribution in [0.2, 0.25) is 0 Å². The van der Waals surface area contributed by atoms with Gasteiger partial charge in [-0.25, -0.2) is 0 Å². The SMILES string of the molecule is C=CCC[C@H]1CC[C@H]([C@H]2CC[C@H](C=O)CC2)CC1. The van der Waals surface area contributed by atoms with Crippen molar-refractivity contribution in [2.75, 3.05) is 0 Å². The zero-order valence-corrected chi connectivity index (χ0v) is 11.7. The van der Waals surface area contributed by atoms with Crippen molar-refractivity contribution in [3.05, 3.63) is 12.7 Å². The summed E-state index contributed by atoms with van der Waals surface area (Å²) in [5.41, 5.74) is 0. The van der Waals surface area contributed by atoms with Gasteiger partial charge in [0.05, 0.1) is 0 Å². The van der Waals surface area contributed by atoms with E-state index in [9.17, 15) is 4.79 Å². The minimum Gasteiger partial charge on any atom is -0.303 e. The molecular weight excluding hydrogens is 220 g/mol. The molecule has 0 bridgehead atoms. The van der Waals surface area contributed by atoms with E-state index in [1.165, 1.54) is 57.7 Å². The fraction of sp³-hybridized carbons (Fsp3) is 0.824. The van der Waals surface area contributed by atoms with Gasteiger partial charge in [0.15, 0.2) is 0 Å². The number of hydrogen-bond donors (Lipinski definition) is 0. The summed E-state index contributed by atoms with van der Waals surface area (Å²) in [6.45, 7) is 3.82. The van der Waals surface area contributed by atoms with E-state index < -0.39 is 0 Å². The maximum atomic E-state index is 10.8. The van der Waals surface area contributed by atoms with Gasteiger partial charge in [0.25, 0.3) is 0 Å². The van der Waals surface area contributed by atoms with Crippen LogP contribution in [0, 0.1) is 23.7 Å². The fourth-order valence-corrected chi connectivity index (χ4v) is 4.05. The molecule has 0 aliphatic heterocycles. The van der Waals surface area contributed by atoms with E-state index in [-0.39, 0.29) is 0 Å². The highest BCUT2D eigenvalue weighted by molar-refractivity contribution is 5.53. The first-order chi connectivity index (χ1) is 8.83. The second kappa shape index (κ2) is 7.11. The number of allylic oxidation sites excluding steroid dienone is 1. The number of hydrogen-bond acceptors (Lipinski definition) is 1. The Morgan fingerprint density at radius 3 is 1.94 bits per heavy atom. The van der Waals surface area contributed by atoms with E-state index in [1.54, 1.807) is 0 Å². The predicted molar refractivity (Wildman–Crippen MR) is 76.4 cm³/mol. The average molecular weight is 248 g/mol. The van der Waals surface area contributed by atoms with Crippen molar-refractivity contribution in [3.8, 4) is 0 Å². The Bertz CT molecular complexity index is 255. The lowest BCUT2D eigenvalue weighted by Gasteiger charge is -2.37. The van der Waals surface area contributed by atoms with Gasteiger partial charge in [-0.1, -0.05) is 18.9 Å². The molecule has 0 N–H and O–H groups in total. The van der Waals surface area contributed by atoms with Gasteiger partial charge in [-0.3, -0.25) is 0 Å². The number of carbonyl (C=O) groups excluding carboxylic acids is 1. The third-order valence-corrected chi connectivity index (χ3v) is 5.35. The van der Waals surface area contributed by atoms with Crippen LogP contribution in [0.25, 0.3) is 0 Å². The highest BCUT2D eigenvalue weighted by Gasteiger charge is 2.30. The molecule has 0 radical (unpaired) electrons. The number of aldehydes is 1. The van der Waals surface area contributed by atoms with Crippen LogP contribution in [0.15, 0.2) is 12.7 Å². The molecule has 2 fully saturated rings. The standard InChI is InChI=1S/C17H28O/c1-2-3-4-14-5-9-16(10-6-14)17-11-7-15(13-18)8-12-17/h2,13-17H,1,3-12H2/t14-,15-,16-,17-. The maximum absolute atomic E-state index is 10.8. The molecule has 2 aliphatic carbocycles. The van der Waals surface area contributed by atoms with Gasteiger partial charge in [0.1, 0.15) is 6.29 Å². The van der Waals surface area contributed by atoms with Crippen molar-refractivity contribution in [2.45, 2.75) is 64.2 Å². The molecule has 0 aromatic carbocycles. The summed E-state index contributed by atoms with van der Waals surface area (Å²) in [7, 11) is 0. The van der Waals surface area contributed by atoms with Crippen molar-refractivity contribution in [1.29, 1.82) is 0 Å². The molecule has 1 heteroatoms. The molecule has 0 saturated heterocycles. The molecule has 18 heavy (non-hydrogen) atoms. The molecule has 0 aromatic heterocycles. The summed E-state index contributed by atoms with van der Waals surface area (Å²) in [6.07, 6.45) is 16.5. The van der Waals surface area contributed by atoms with E-state index in [2.05, 4.69) is 12.7 Å². The molecule has 102 valence electrons. The van der Waals surface area contributed by atoms with Gasteiger partial charge in [-0.15, -0.1) is 6.58 Å². The second-order valence-corrected chi connectivity index (χ2v) is 6.46. The quantitative estimate of drug-likeness (QED) is 0.506. The predicted octanol–water partition coefficient (Wildman–Crippen LogP) is 4.76. The monoisotopic (exact) mass is 248 g/mol. The Morgan fingerprint density at radius 1 is 0.889 bits per heavy atom. The smallest absolute Gasteiger partial charge is 0.123 e. The van der Waals surface area contributed by atoms with Crippen LogP contribution in [0.3, 0.4) is 0 Å². The first-order valence-electron chi connectivity index (χ1n) is 7.89. The summed E-state index contributed by atoms with van der Waals surface area (Å²) in [4.78, 5) is 10.8. The fourth-order valence-electron chi connectivity index (χ4n) is 4.05. The Labute approximate surface area is 112 Å². The summed E-state index contributed by atoms with van der Waals surface area (Å²) in [6, 6.07) is 0. The van der Waals surface area contributed by atoms with E-state index in [4.69, 9.17) is 0 Å². The average Bonchev–Trinajstić information content (AvgIpc) is 2.46. The lowest BCUT2D eigenvalue weighted by atomic mass is 9.69. The van der Waals surface area contributed by atoms with Crippen LogP contribution in [-0.4, -0.2) is 6.29 Å². The Balaban J connectivity index is 1.70. The number of carbonyl (C=O) groups is 1. The van der Waals surface area contributed by atoms with Crippen LogP contribution in [-0.2, 0) is 4.79 Å². The van der Waals surface area contributed by atoms with Gasteiger partial charge in [0.2, 0.25) is 0 Å². The minimum absolute atomic E-state index is 0.380. The maximum Gasteiger partial charge on any atom is 0.123 e. The van der Waals surface area contributed by atoms with Crippen molar-refractivity contribution in [2.24, 2.45) is 23.7 Å². The van der Waals surface area contributed by atoms with Gasteiger partial charge < -0.3 is 4.79 Å². The zero-order valence-electron chi connectivity index (χ0n) is 11.7. The van der Waals surface area contributed by atoms with E-state index >= 15 is 0 Å². The lowest BCUT2D eigenvalue weighted by Crippen LogP contribution is -2.26. The largest absolute Gasteiger partial charge is 0.303 e. The molecule has 0 spiro atoms. The normalized spacial score (nSPS) is 37.1. The highest BCUT2D eigenvalue weighted by atomic mass is 16.1. The summed E-state index contributed by atoms with van der Waals surface area (Å²) >= 11 is 0.